The van der Waals surface area contributed by atoms with E-state index >= 15 is 0 Å². The van der Waals surface area contributed by atoms with Gasteiger partial charge in [-0.15, -0.1) is 0 Å². The highest BCUT2D eigenvalue weighted by molar-refractivity contribution is 6.01. The second-order valence-electron chi connectivity index (χ2n) is 10.2. The van der Waals surface area contributed by atoms with Gasteiger partial charge in [-0.1, -0.05) is 32.4 Å². The number of hydrogen-bond acceptors (Lipinski definition) is 5. The van der Waals surface area contributed by atoms with Gasteiger partial charge in [-0.25, -0.2) is 0 Å². The lowest BCUT2D eigenvalue weighted by Gasteiger charge is -2.60. The number of carbonyl (C=O) groups is 3. The van der Waals surface area contributed by atoms with Crippen molar-refractivity contribution in [2.45, 2.75) is 65.4 Å². The van der Waals surface area contributed by atoms with Crippen LogP contribution in [0.1, 0.15) is 59.8 Å². The van der Waals surface area contributed by atoms with E-state index in [1.807, 2.05) is 6.08 Å². The maximum Gasteiger partial charge on any atom is 0.303 e. The van der Waals surface area contributed by atoms with Gasteiger partial charge in [0.05, 0.1) is 0 Å². The van der Waals surface area contributed by atoms with Gasteiger partial charge in [0.15, 0.2) is 12.4 Å². The van der Waals surface area contributed by atoms with Crippen molar-refractivity contribution in [1.29, 1.82) is 0 Å². The summed E-state index contributed by atoms with van der Waals surface area (Å²) in [5, 5.41) is 11.6. The first-order valence-corrected chi connectivity index (χ1v) is 10.9. The molecule has 3 saturated carbocycles. The summed E-state index contributed by atoms with van der Waals surface area (Å²) in [6.07, 6.45) is 9.52. The van der Waals surface area contributed by atoms with Gasteiger partial charge in [0.2, 0.25) is 5.78 Å². The number of allylic oxidation sites excluding steroid dienone is 4. The first kappa shape index (κ1) is 20.5. The van der Waals surface area contributed by atoms with Crippen molar-refractivity contribution < 1.29 is 24.2 Å². The third kappa shape index (κ3) is 2.80. The van der Waals surface area contributed by atoms with Crippen LogP contribution in [0, 0.1) is 34.5 Å². The Morgan fingerprint density at radius 2 is 2.00 bits per heavy atom. The summed E-state index contributed by atoms with van der Waals surface area (Å²) in [5.41, 5.74) is -0.848. The number of fused-ring (bicyclic) bond motifs is 5. The largest absolute Gasteiger partial charge is 0.458 e. The third-order valence-corrected chi connectivity index (χ3v) is 8.83. The highest BCUT2D eigenvalue weighted by Crippen LogP contribution is 2.68. The molecule has 4 aliphatic rings. The van der Waals surface area contributed by atoms with E-state index in [1.54, 1.807) is 6.08 Å². The quantitative estimate of drug-likeness (QED) is 0.735. The van der Waals surface area contributed by atoms with Gasteiger partial charge in [0.1, 0.15) is 5.60 Å². The molecule has 0 aromatic heterocycles. The summed E-state index contributed by atoms with van der Waals surface area (Å²) >= 11 is 0. The molecule has 7 atom stereocenters. The topological polar surface area (TPSA) is 80.7 Å². The van der Waals surface area contributed by atoms with E-state index in [-0.39, 0.29) is 29.5 Å². The van der Waals surface area contributed by atoms with E-state index in [9.17, 15) is 19.5 Å². The standard InChI is InChI=1S/C24H32O5/c1-14-12-23(4)19(8-10-24(23,28)20(27)13-29-15(2)25)18-6-5-16-11-17(26)7-9-22(16,3)21(14)18/h7,9,11,14,18-19,21,28H,5-6,8,10,12-13H2,1-4H3/t14-,18?,19?,21?,22-,23-,24-/m0/s1. The molecule has 5 heteroatoms. The lowest BCUT2D eigenvalue weighted by Crippen LogP contribution is -2.60. The van der Waals surface area contributed by atoms with Crippen LogP contribution in [0.2, 0.25) is 0 Å². The number of esters is 1. The van der Waals surface area contributed by atoms with Crippen molar-refractivity contribution in [3.8, 4) is 0 Å². The third-order valence-electron chi connectivity index (χ3n) is 8.83. The smallest absolute Gasteiger partial charge is 0.303 e. The van der Waals surface area contributed by atoms with Gasteiger partial charge in [-0.05, 0) is 67.9 Å². The van der Waals surface area contributed by atoms with Crippen LogP contribution in [-0.4, -0.2) is 34.9 Å². The number of ether oxygens (including phenoxy) is 1. The van der Waals surface area contributed by atoms with Crippen molar-refractivity contribution in [2.24, 2.45) is 34.5 Å². The minimum absolute atomic E-state index is 0.0792. The zero-order chi connectivity index (χ0) is 21.2. The molecule has 0 saturated heterocycles. The molecule has 4 aliphatic carbocycles. The molecule has 1 N–H and O–H groups in total. The maximum absolute atomic E-state index is 12.9. The fraction of sp³-hybridized carbons (Fsp3) is 0.708. The second kappa shape index (κ2) is 6.63. The Hall–Kier alpha value is -1.75. The van der Waals surface area contributed by atoms with Crippen molar-refractivity contribution in [3.63, 3.8) is 0 Å². The first-order chi connectivity index (χ1) is 13.5. The molecular weight excluding hydrogens is 368 g/mol. The van der Waals surface area contributed by atoms with Gasteiger partial charge in [0, 0.05) is 17.8 Å². The number of carbonyl (C=O) groups excluding carboxylic acids is 3. The molecule has 158 valence electrons. The Balaban J connectivity index is 1.66. The molecular formula is C24H32O5. The molecule has 0 radical (unpaired) electrons. The fourth-order valence-corrected chi connectivity index (χ4v) is 7.64. The lowest BCUT2D eigenvalue weighted by atomic mass is 9.44. The number of Topliss-reactive ketones (excluding diaryl/α,β-unsaturated/α-hetero) is 1. The van der Waals surface area contributed by atoms with E-state index in [0.29, 0.717) is 24.2 Å². The summed E-state index contributed by atoms with van der Waals surface area (Å²) in [5.74, 6) is 0.565. The molecule has 0 aromatic rings. The van der Waals surface area contributed by atoms with Crippen molar-refractivity contribution in [1.82, 2.24) is 0 Å². The Labute approximate surface area is 172 Å². The average Bonchev–Trinajstić information content (AvgIpc) is 2.91. The Morgan fingerprint density at radius 3 is 2.69 bits per heavy atom. The number of rotatable bonds is 3. The number of ketones is 2. The van der Waals surface area contributed by atoms with E-state index < -0.39 is 17.0 Å². The number of hydrogen-bond donors (Lipinski definition) is 1. The second-order valence-corrected chi connectivity index (χ2v) is 10.2. The zero-order valence-corrected chi connectivity index (χ0v) is 17.9. The van der Waals surface area contributed by atoms with Crippen LogP contribution in [0.5, 0.6) is 0 Å². The van der Waals surface area contributed by atoms with E-state index in [4.69, 9.17) is 4.74 Å². The first-order valence-electron chi connectivity index (χ1n) is 10.9. The van der Waals surface area contributed by atoms with E-state index in [1.165, 1.54) is 12.5 Å². The van der Waals surface area contributed by atoms with Gasteiger partial charge in [-0.3, -0.25) is 14.4 Å². The van der Waals surface area contributed by atoms with Gasteiger partial charge < -0.3 is 9.84 Å². The molecule has 0 amide bonds. The molecule has 0 heterocycles. The lowest BCUT2D eigenvalue weighted by molar-refractivity contribution is -0.173. The molecule has 0 aromatic carbocycles. The summed E-state index contributed by atoms with van der Waals surface area (Å²) in [7, 11) is 0. The summed E-state index contributed by atoms with van der Waals surface area (Å²) in [6.45, 7) is 7.47. The van der Waals surface area contributed by atoms with Crippen molar-refractivity contribution in [3.05, 3.63) is 23.8 Å². The molecule has 29 heavy (non-hydrogen) atoms. The van der Waals surface area contributed by atoms with Crippen molar-refractivity contribution in [2.75, 3.05) is 6.61 Å². The van der Waals surface area contributed by atoms with Crippen LogP contribution in [0.4, 0.5) is 0 Å². The monoisotopic (exact) mass is 400 g/mol. The highest BCUT2D eigenvalue weighted by atomic mass is 16.5. The average molecular weight is 401 g/mol. The van der Waals surface area contributed by atoms with Crippen LogP contribution in [0.25, 0.3) is 0 Å². The fourth-order valence-electron chi connectivity index (χ4n) is 7.64. The predicted molar refractivity (Wildman–Crippen MR) is 108 cm³/mol. The molecule has 0 aliphatic heterocycles. The van der Waals surface area contributed by atoms with Gasteiger partial charge in [-0.2, -0.15) is 0 Å². The van der Waals surface area contributed by atoms with Crippen LogP contribution >= 0.6 is 0 Å². The molecule has 0 spiro atoms. The minimum atomic E-state index is -1.44. The molecule has 4 rings (SSSR count). The summed E-state index contributed by atoms with van der Waals surface area (Å²) in [6, 6.07) is 0. The van der Waals surface area contributed by atoms with Crippen LogP contribution in [0.3, 0.4) is 0 Å². The SMILES string of the molecule is CC(=O)OCC(=O)[C@@]1(O)CCC2C3CCC4=CC(=O)C=C[C@]4(C)C3[C@@H](C)C[C@@]21C. The van der Waals surface area contributed by atoms with Crippen LogP contribution < -0.4 is 0 Å². The minimum Gasteiger partial charge on any atom is -0.458 e. The predicted octanol–water partition coefficient (Wildman–Crippen LogP) is 3.40. The maximum atomic E-state index is 12.9. The van der Waals surface area contributed by atoms with Gasteiger partial charge in [0.25, 0.3) is 0 Å². The van der Waals surface area contributed by atoms with E-state index in [2.05, 4.69) is 26.8 Å². The Kier molecular flexibility index (Phi) is 4.69. The highest BCUT2D eigenvalue weighted by Gasteiger charge is 2.67. The molecule has 0 bridgehead atoms. The van der Waals surface area contributed by atoms with Gasteiger partial charge >= 0.3 is 5.97 Å². The van der Waals surface area contributed by atoms with E-state index in [0.717, 1.165) is 25.7 Å². The van der Waals surface area contributed by atoms with Crippen LogP contribution in [0.15, 0.2) is 23.8 Å². The van der Waals surface area contributed by atoms with Crippen molar-refractivity contribution >= 4 is 17.5 Å². The molecule has 5 nitrogen and oxygen atoms in total. The summed E-state index contributed by atoms with van der Waals surface area (Å²) in [4.78, 5) is 36.0. The van der Waals surface area contributed by atoms with Crippen LogP contribution in [-0.2, 0) is 19.1 Å². The summed E-state index contributed by atoms with van der Waals surface area (Å²) < 4.78 is 4.94. The number of aliphatic hydroxyl groups is 1. The normalized spacial score (nSPS) is 45.7. The Morgan fingerprint density at radius 1 is 1.28 bits per heavy atom. The molecule has 3 fully saturated rings. The zero-order valence-electron chi connectivity index (χ0n) is 17.9. The molecule has 3 unspecified atom stereocenters. The Bertz CT molecular complexity index is 825.